The molecule has 0 aliphatic carbocycles. The molecule has 0 fully saturated rings. The van der Waals surface area contributed by atoms with Crippen molar-refractivity contribution in [3.05, 3.63) is 36.4 Å². The van der Waals surface area contributed by atoms with Gasteiger partial charge in [0.2, 0.25) is 0 Å². The molecule has 0 saturated heterocycles. The first-order valence-electron chi connectivity index (χ1n) is 5.84. The van der Waals surface area contributed by atoms with Crippen molar-refractivity contribution in [1.82, 2.24) is 19.7 Å². The zero-order valence-corrected chi connectivity index (χ0v) is 10.2. The third-order valence-corrected chi connectivity index (χ3v) is 2.94. The van der Waals surface area contributed by atoms with E-state index in [1.54, 1.807) is 18.5 Å². The molecule has 0 aliphatic heterocycles. The van der Waals surface area contributed by atoms with Gasteiger partial charge in [0.25, 0.3) is 0 Å². The molecule has 4 nitrogen and oxygen atoms in total. The van der Waals surface area contributed by atoms with E-state index in [4.69, 9.17) is 0 Å². The summed E-state index contributed by atoms with van der Waals surface area (Å²) in [5, 5.41) is 6.68. The summed E-state index contributed by atoms with van der Waals surface area (Å²) in [5.41, 5.74) is 2.07. The minimum absolute atomic E-state index is 0.196. The highest BCUT2D eigenvalue weighted by Gasteiger charge is 2.17. The van der Waals surface area contributed by atoms with Crippen LogP contribution in [-0.4, -0.2) is 19.7 Å². The van der Waals surface area contributed by atoms with E-state index in [1.807, 2.05) is 10.6 Å². The first kappa shape index (κ1) is 11.0. The van der Waals surface area contributed by atoms with E-state index in [0.717, 1.165) is 16.9 Å². The Balaban J connectivity index is 2.38. The molecule has 3 aromatic rings. The number of H-pyrrole nitrogens is 1. The fourth-order valence-electron chi connectivity index (χ4n) is 2.18. The number of fused-ring (bicyclic) bond motifs is 1. The van der Waals surface area contributed by atoms with Crippen molar-refractivity contribution < 1.29 is 4.39 Å². The van der Waals surface area contributed by atoms with Crippen LogP contribution in [0.15, 0.2) is 30.6 Å². The number of nitrogens with zero attached hydrogens (tertiary/aromatic N) is 3. The Morgan fingerprint density at radius 1 is 1.33 bits per heavy atom. The van der Waals surface area contributed by atoms with Gasteiger partial charge in [-0.25, -0.2) is 9.37 Å². The van der Waals surface area contributed by atoms with Gasteiger partial charge in [0.1, 0.15) is 11.3 Å². The lowest BCUT2D eigenvalue weighted by molar-refractivity contribution is 0.623. The van der Waals surface area contributed by atoms with Crippen molar-refractivity contribution in [2.75, 3.05) is 0 Å². The van der Waals surface area contributed by atoms with Crippen LogP contribution in [0.3, 0.4) is 0 Å². The van der Waals surface area contributed by atoms with Gasteiger partial charge in [-0.2, -0.15) is 5.10 Å². The molecule has 2 heterocycles. The van der Waals surface area contributed by atoms with Crippen LogP contribution in [0.1, 0.15) is 19.9 Å². The number of rotatable bonds is 2. The Hall–Kier alpha value is -2.17. The SMILES string of the molecule is CC(C)n1c(-c2cn[nH]c2)nc2c(F)cccc21. The molecule has 0 atom stereocenters. The maximum atomic E-state index is 13.8. The Bertz CT molecular complexity index is 682. The van der Waals surface area contributed by atoms with Crippen molar-refractivity contribution >= 4 is 11.0 Å². The van der Waals surface area contributed by atoms with Crippen LogP contribution in [0.25, 0.3) is 22.4 Å². The maximum Gasteiger partial charge on any atom is 0.151 e. The van der Waals surface area contributed by atoms with E-state index >= 15 is 0 Å². The molecule has 0 unspecified atom stereocenters. The Kier molecular flexibility index (Phi) is 2.40. The molecule has 18 heavy (non-hydrogen) atoms. The fraction of sp³-hybridized carbons (Fsp3) is 0.231. The number of para-hydroxylation sites is 1. The van der Waals surface area contributed by atoms with Crippen LogP contribution in [0.4, 0.5) is 4.39 Å². The smallest absolute Gasteiger partial charge is 0.151 e. The first-order chi connectivity index (χ1) is 8.68. The van der Waals surface area contributed by atoms with Crippen LogP contribution in [0, 0.1) is 5.82 Å². The average Bonchev–Trinajstić information content (AvgIpc) is 2.95. The molecule has 0 saturated carbocycles. The van der Waals surface area contributed by atoms with Gasteiger partial charge in [0.15, 0.2) is 5.82 Å². The Morgan fingerprint density at radius 3 is 2.83 bits per heavy atom. The normalized spacial score (nSPS) is 11.6. The number of hydrogen-bond acceptors (Lipinski definition) is 2. The second kappa shape index (κ2) is 3.94. The summed E-state index contributed by atoms with van der Waals surface area (Å²) in [7, 11) is 0. The molecule has 0 radical (unpaired) electrons. The van der Waals surface area contributed by atoms with E-state index in [2.05, 4.69) is 29.0 Å². The quantitative estimate of drug-likeness (QED) is 0.752. The largest absolute Gasteiger partial charge is 0.321 e. The number of nitrogens with one attached hydrogen (secondary N) is 1. The summed E-state index contributed by atoms with van der Waals surface area (Å²) in [6.07, 6.45) is 3.45. The predicted octanol–water partition coefficient (Wildman–Crippen LogP) is 3.15. The van der Waals surface area contributed by atoms with Gasteiger partial charge < -0.3 is 4.57 Å². The number of benzene rings is 1. The highest BCUT2D eigenvalue weighted by Crippen LogP contribution is 2.28. The minimum Gasteiger partial charge on any atom is -0.321 e. The predicted molar refractivity (Wildman–Crippen MR) is 67.7 cm³/mol. The number of aromatic amines is 1. The summed E-state index contributed by atoms with van der Waals surface area (Å²) in [4.78, 5) is 4.40. The van der Waals surface area contributed by atoms with Crippen LogP contribution in [-0.2, 0) is 0 Å². The summed E-state index contributed by atoms with van der Waals surface area (Å²) in [6, 6.07) is 5.22. The summed E-state index contributed by atoms with van der Waals surface area (Å²) < 4.78 is 15.8. The van der Waals surface area contributed by atoms with Crippen LogP contribution in [0.2, 0.25) is 0 Å². The number of aromatic nitrogens is 4. The Labute approximate surface area is 103 Å². The zero-order valence-electron chi connectivity index (χ0n) is 10.2. The average molecular weight is 244 g/mol. The lowest BCUT2D eigenvalue weighted by Gasteiger charge is -2.11. The van der Waals surface area contributed by atoms with Crippen LogP contribution >= 0.6 is 0 Å². The molecule has 0 bridgehead atoms. The fourth-order valence-corrected chi connectivity index (χ4v) is 2.18. The Morgan fingerprint density at radius 2 is 2.17 bits per heavy atom. The highest BCUT2D eigenvalue weighted by molar-refractivity contribution is 5.81. The molecular weight excluding hydrogens is 231 g/mol. The van der Waals surface area contributed by atoms with Crippen LogP contribution in [0.5, 0.6) is 0 Å². The molecular formula is C13H13FN4. The maximum absolute atomic E-state index is 13.8. The topological polar surface area (TPSA) is 46.5 Å². The molecule has 3 rings (SSSR count). The number of halogens is 1. The molecule has 5 heteroatoms. The van der Waals surface area contributed by atoms with Crippen molar-refractivity contribution in [3.63, 3.8) is 0 Å². The van der Waals surface area contributed by atoms with Crippen LogP contribution < -0.4 is 0 Å². The third-order valence-electron chi connectivity index (χ3n) is 2.94. The molecule has 1 N–H and O–H groups in total. The molecule has 2 aromatic heterocycles. The van der Waals surface area contributed by atoms with Gasteiger partial charge in [0.05, 0.1) is 17.3 Å². The van der Waals surface area contributed by atoms with Gasteiger partial charge in [0, 0.05) is 12.2 Å². The van der Waals surface area contributed by atoms with E-state index in [1.165, 1.54) is 6.07 Å². The highest BCUT2D eigenvalue weighted by atomic mass is 19.1. The monoisotopic (exact) mass is 244 g/mol. The number of imidazole rings is 1. The lowest BCUT2D eigenvalue weighted by atomic mass is 10.2. The van der Waals surface area contributed by atoms with E-state index in [0.29, 0.717) is 5.52 Å². The molecule has 0 aliphatic rings. The van der Waals surface area contributed by atoms with Gasteiger partial charge in [-0.3, -0.25) is 5.10 Å². The summed E-state index contributed by atoms with van der Waals surface area (Å²) in [6.45, 7) is 4.10. The third kappa shape index (κ3) is 1.51. The van der Waals surface area contributed by atoms with Crippen molar-refractivity contribution in [2.24, 2.45) is 0 Å². The van der Waals surface area contributed by atoms with Gasteiger partial charge in [-0.05, 0) is 26.0 Å². The standard InChI is InChI=1S/C13H13FN4/c1-8(2)18-11-5-3-4-10(14)12(11)17-13(18)9-6-15-16-7-9/h3-8H,1-2H3,(H,15,16). The van der Waals surface area contributed by atoms with Gasteiger partial charge in [-0.1, -0.05) is 6.07 Å². The van der Waals surface area contributed by atoms with E-state index in [9.17, 15) is 4.39 Å². The van der Waals surface area contributed by atoms with Crippen molar-refractivity contribution in [3.8, 4) is 11.4 Å². The summed E-state index contributed by atoms with van der Waals surface area (Å²) >= 11 is 0. The molecule has 0 spiro atoms. The van der Waals surface area contributed by atoms with Gasteiger partial charge >= 0.3 is 0 Å². The second-order valence-corrected chi connectivity index (χ2v) is 4.49. The van der Waals surface area contributed by atoms with E-state index < -0.39 is 0 Å². The van der Waals surface area contributed by atoms with Crippen molar-refractivity contribution in [2.45, 2.75) is 19.9 Å². The molecule has 0 amide bonds. The van der Waals surface area contributed by atoms with Gasteiger partial charge in [-0.15, -0.1) is 0 Å². The first-order valence-corrected chi connectivity index (χ1v) is 5.84. The second-order valence-electron chi connectivity index (χ2n) is 4.49. The molecule has 1 aromatic carbocycles. The van der Waals surface area contributed by atoms with Crippen molar-refractivity contribution in [1.29, 1.82) is 0 Å². The number of hydrogen-bond donors (Lipinski definition) is 1. The zero-order chi connectivity index (χ0) is 12.7. The lowest BCUT2D eigenvalue weighted by Crippen LogP contribution is -2.02. The molecule has 92 valence electrons. The summed E-state index contributed by atoms with van der Waals surface area (Å²) in [5.74, 6) is 0.440. The van der Waals surface area contributed by atoms with E-state index in [-0.39, 0.29) is 11.9 Å². The minimum atomic E-state index is -0.295.